The summed E-state index contributed by atoms with van der Waals surface area (Å²) in [5.41, 5.74) is 9.30. The zero-order chi connectivity index (χ0) is 9.54. The predicted molar refractivity (Wildman–Crippen MR) is 65.3 cm³/mol. The van der Waals surface area contributed by atoms with Crippen LogP contribution in [0.1, 0.15) is 48.8 Å². The summed E-state index contributed by atoms with van der Waals surface area (Å²) < 4.78 is 0. The molecule has 15 heavy (non-hydrogen) atoms. The van der Waals surface area contributed by atoms with Crippen molar-refractivity contribution in [1.82, 2.24) is 0 Å². The zero-order valence-corrected chi connectivity index (χ0v) is 9.67. The molecule has 0 aromatic heterocycles. The SMILES string of the molecule is Cl.NC1c2ccccc2C2CCC1CC2. The highest BCUT2D eigenvalue weighted by molar-refractivity contribution is 5.85. The van der Waals surface area contributed by atoms with Crippen LogP contribution < -0.4 is 5.73 Å². The normalized spacial score (nSPS) is 32.7. The second-order valence-corrected chi connectivity index (χ2v) is 4.77. The number of fused-ring (bicyclic) bond motifs is 2. The summed E-state index contributed by atoms with van der Waals surface area (Å²) in [4.78, 5) is 0. The van der Waals surface area contributed by atoms with Crippen LogP contribution in [-0.4, -0.2) is 0 Å². The van der Waals surface area contributed by atoms with Gasteiger partial charge in [0, 0.05) is 6.04 Å². The fourth-order valence-electron chi connectivity index (χ4n) is 3.23. The second kappa shape index (κ2) is 4.15. The van der Waals surface area contributed by atoms with Crippen LogP contribution in [0.4, 0.5) is 0 Å². The van der Waals surface area contributed by atoms with Crippen molar-refractivity contribution in [2.75, 3.05) is 0 Å². The van der Waals surface area contributed by atoms with Crippen LogP contribution in [-0.2, 0) is 0 Å². The van der Waals surface area contributed by atoms with Crippen molar-refractivity contribution in [2.24, 2.45) is 11.7 Å². The van der Waals surface area contributed by atoms with E-state index in [-0.39, 0.29) is 12.4 Å². The molecule has 0 heterocycles. The van der Waals surface area contributed by atoms with Crippen LogP contribution in [0, 0.1) is 5.92 Å². The van der Waals surface area contributed by atoms with E-state index in [2.05, 4.69) is 24.3 Å². The third-order valence-electron chi connectivity index (χ3n) is 4.07. The van der Waals surface area contributed by atoms with Crippen molar-refractivity contribution in [3.05, 3.63) is 35.4 Å². The van der Waals surface area contributed by atoms with Gasteiger partial charge in [0.1, 0.15) is 0 Å². The standard InChI is InChI=1S/C13H17N.ClH/c14-13-10-7-5-9(6-8-10)11-3-1-2-4-12(11)13;/h1-4,9-10,13H,5-8,14H2;1H. The lowest BCUT2D eigenvalue weighted by Gasteiger charge is -2.25. The Bertz CT molecular complexity index is 327. The molecule has 0 amide bonds. The van der Waals surface area contributed by atoms with Gasteiger partial charge in [0.2, 0.25) is 0 Å². The maximum absolute atomic E-state index is 6.33. The number of benzene rings is 1. The minimum atomic E-state index is 0. The summed E-state index contributed by atoms with van der Waals surface area (Å²) in [6.07, 6.45) is 5.38. The number of hydrogen-bond donors (Lipinski definition) is 1. The molecular weight excluding hydrogens is 206 g/mol. The van der Waals surface area contributed by atoms with Gasteiger partial charge < -0.3 is 5.73 Å². The molecule has 1 fully saturated rings. The summed E-state index contributed by atoms with van der Waals surface area (Å²) in [6.45, 7) is 0. The third-order valence-corrected chi connectivity index (χ3v) is 4.07. The minimum absolute atomic E-state index is 0. The van der Waals surface area contributed by atoms with E-state index in [0.29, 0.717) is 6.04 Å². The molecule has 0 spiro atoms. The molecule has 1 aromatic rings. The first-order valence-corrected chi connectivity index (χ1v) is 5.70. The van der Waals surface area contributed by atoms with Gasteiger partial charge in [-0.15, -0.1) is 12.4 Å². The maximum Gasteiger partial charge on any atom is 0.0326 e. The third kappa shape index (κ3) is 1.68. The highest BCUT2D eigenvalue weighted by Gasteiger charge is 2.33. The van der Waals surface area contributed by atoms with E-state index in [1.807, 2.05) is 0 Å². The highest BCUT2D eigenvalue weighted by atomic mass is 35.5. The Labute approximate surface area is 97.5 Å². The van der Waals surface area contributed by atoms with E-state index in [0.717, 1.165) is 11.8 Å². The average molecular weight is 224 g/mol. The fraction of sp³-hybridized carbons (Fsp3) is 0.538. The molecule has 2 heteroatoms. The van der Waals surface area contributed by atoms with Crippen molar-refractivity contribution in [1.29, 1.82) is 0 Å². The molecule has 1 aromatic carbocycles. The Morgan fingerprint density at radius 3 is 2.20 bits per heavy atom. The Balaban J connectivity index is 0.000000853. The topological polar surface area (TPSA) is 26.0 Å². The Kier molecular flexibility index (Phi) is 3.03. The van der Waals surface area contributed by atoms with Crippen molar-refractivity contribution < 1.29 is 0 Å². The molecule has 4 rings (SSSR count). The van der Waals surface area contributed by atoms with Crippen LogP contribution in [0.3, 0.4) is 0 Å². The molecule has 0 saturated heterocycles. The first-order valence-electron chi connectivity index (χ1n) is 5.70. The second-order valence-electron chi connectivity index (χ2n) is 4.77. The first kappa shape index (κ1) is 11.0. The van der Waals surface area contributed by atoms with Crippen LogP contribution in [0.25, 0.3) is 0 Å². The van der Waals surface area contributed by atoms with Crippen molar-refractivity contribution >= 4 is 12.4 Å². The van der Waals surface area contributed by atoms with Crippen LogP contribution >= 0.6 is 12.4 Å². The van der Waals surface area contributed by atoms with Gasteiger partial charge in [-0.05, 0) is 48.6 Å². The lowest BCUT2D eigenvalue weighted by molar-refractivity contribution is 0.306. The van der Waals surface area contributed by atoms with Gasteiger partial charge in [-0.2, -0.15) is 0 Å². The van der Waals surface area contributed by atoms with Crippen LogP contribution in [0.5, 0.6) is 0 Å². The molecule has 1 nitrogen and oxygen atoms in total. The Morgan fingerprint density at radius 1 is 0.933 bits per heavy atom. The highest BCUT2D eigenvalue weighted by Crippen LogP contribution is 2.46. The Hall–Kier alpha value is -0.530. The molecule has 82 valence electrons. The number of halogens is 1. The summed E-state index contributed by atoms with van der Waals surface area (Å²) in [7, 11) is 0. The summed E-state index contributed by atoms with van der Waals surface area (Å²) in [5, 5.41) is 0. The van der Waals surface area contributed by atoms with Gasteiger partial charge in [0.05, 0.1) is 0 Å². The van der Waals surface area contributed by atoms with Gasteiger partial charge in [-0.1, -0.05) is 24.3 Å². The molecule has 0 radical (unpaired) electrons. The summed E-state index contributed by atoms with van der Waals surface area (Å²) in [5.74, 6) is 1.55. The van der Waals surface area contributed by atoms with Crippen molar-refractivity contribution in [3.63, 3.8) is 0 Å². The quantitative estimate of drug-likeness (QED) is 0.717. The molecule has 1 atom stereocenters. The van der Waals surface area contributed by atoms with Crippen LogP contribution in [0.15, 0.2) is 24.3 Å². The van der Waals surface area contributed by atoms with Crippen molar-refractivity contribution in [2.45, 2.75) is 37.6 Å². The first-order chi connectivity index (χ1) is 6.86. The van der Waals surface area contributed by atoms with E-state index in [4.69, 9.17) is 5.73 Å². The van der Waals surface area contributed by atoms with E-state index < -0.39 is 0 Å². The van der Waals surface area contributed by atoms with Crippen molar-refractivity contribution in [3.8, 4) is 0 Å². The number of nitrogens with two attached hydrogens (primary N) is 1. The molecule has 3 aliphatic carbocycles. The molecule has 2 bridgehead atoms. The van der Waals surface area contributed by atoms with E-state index >= 15 is 0 Å². The largest absolute Gasteiger partial charge is 0.324 e. The Morgan fingerprint density at radius 2 is 1.53 bits per heavy atom. The van der Waals surface area contributed by atoms with E-state index in [9.17, 15) is 0 Å². The molecule has 1 unspecified atom stereocenters. The summed E-state index contributed by atoms with van der Waals surface area (Å²) in [6, 6.07) is 9.11. The van der Waals surface area contributed by atoms with Gasteiger partial charge in [0.15, 0.2) is 0 Å². The fourth-order valence-corrected chi connectivity index (χ4v) is 3.23. The molecular formula is C13H18ClN. The maximum atomic E-state index is 6.33. The smallest absolute Gasteiger partial charge is 0.0326 e. The molecule has 3 aliphatic rings. The molecule has 0 aliphatic heterocycles. The van der Waals surface area contributed by atoms with Gasteiger partial charge in [-0.25, -0.2) is 0 Å². The summed E-state index contributed by atoms with van der Waals surface area (Å²) >= 11 is 0. The average Bonchev–Trinajstić information content (AvgIpc) is 2.48. The predicted octanol–water partition coefficient (Wildman–Crippen LogP) is 3.40. The van der Waals surface area contributed by atoms with Crippen LogP contribution in [0.2, 0.25) is 0 Å². The number of rotatable bonds is 0. The lowest BCUT2D eigenvalue weighted by Crippen LogP contribution is -2.21. The minimum Gasteiger partial charge on any atom is -0.324 e. The van der Waals surface area contributed by atoms with E-state index in [1.54, 1.807) is 5.56 Å². The van der Waals surface area contributed by atoms with Gasteiger partial charge in [-0.3, -0.25) is 0 Å². The van der Waals surface area contributed by atoms with E-state index in [1.165, 1.54) is 31.2 Å². The monoisotopic (exact) mass is 223 g/mol. The van der Waals surface area contributed by atoms with Gasteiger partial charge >= 0.3 is 0 Å². The molecule has 1 saturated carbocycles. The zero-order valence-electron chi connectivity index (χ0n) is 8.86. The lowest BCUT2D eigenvalue weighted by atomic mass is 9.81. The van der Waals surface area contributed by atoms with Gasteiger partial charge in [0.25, 0.3) is 0 Å². The number of hydrogen-bond acceptors (Lipinski definition) is 1. The molecule has 2 N–H and O–H groups in total.